The van der Waals surface area contributed by atoms with E-state index in [1.807, 2.05) is 29.2 Å². The molecule has 6 heteroatoms. The maximum atomic E-state index is 12.3. The van der Waals surface area contributed by atoms with E-state index >= 15 is 0 Å². The van der Waals surface area contributed by atoms with Crippen LogP contribution in [-0.2, 0) is 11.8 Å². The lowest BCUT2D eigenvalue weighted by molar-refractivity contribution is -0.133. The zero-order valence-electron chi connectivity index (χ0n) is 15.6. The topological polar surface area (TPSA) is 54.8 Å². The van der Waals surface area contributed by atoms with Crippen molar-refractivity contribution in [1.29, 1.82) is 0 Å². The summed E-state index contributed by atoms with van der Waals surface area (Å²) in [5.74, 6) is 0.783. The van der Waals surface area contributed by atoms with Gasteiger partial charge in [0.1, 0.15) is 5.75 Å². The lowest BCUT2D eigenvalue weighted by Gasteiger charge is -2.34. The third kappa shape index (κ3) is 4.07. The molecule has 0 saturated carbocycles. The Kier molecular flexibility index (Phi) is 5.93. The van der Waals surface area contributed by atoms with Crippen molar-refractivity contribution in [2.45, 2.75) is 19.8 Å². The van der Waals surface area contributed by atoms with Crippen LogP contribution >= 0.6 is 0 Å². The van der Waals surface area contributed by atoms with Gasteiger partial charge in [0.15, 0.2) is 0 Å². The number of aryl methyl sites for hydroxylation is 1. The van der Waals surface area contributed by atoms with Gasteiger partial charge in [-0.2, -0.15) is 0 Å². The van der Waals surface area contributed by atoms with Crippen LogP contribution in [0.1, 0.15) is 19.8 Å². The monoisotopic (exact) mass is 357 g/mol. The van der Waals surface area contributed by atoms with Gasteiger partial charge in [-0.25, -0.2) is 0 Å². The molecule has 1 amide bonds. The predicted molar refractivity (Wildman–Crippen MR) is 103 cm³/mol. The zero-order valence-corrected chi connectivity index (χ0v) is 15.6. The Bertz CT molecular complexity index is 823. The number of fused-ring (bicyclic) bond motifs is 1. The number of likely N-dealkylation sites (N-methyl/N-ethyl adjacent to an activating group) is 1. The number of benzene rings is 1. The maximum absolute atomic E-state index is 12.3. The normalized spacial score (nSPS) is 15.4. The van der Waals surface area contributed by atoms with Crippen molar-refractivity contribution in [3.05, 3.63) is 40.7 Å². The van der Waals surface area contributed by atoms with E-state index in [2.05, 4.69) is 11.8 Å². The van der Waals surface area contributed by atoms with Gasteiger partial charge in [-0.3, -0.25) is 9.59 Å². The van der Waals surface area contributed by atoms with E-state index in [0.717, 1.165) is 43.6 Å². The van der Waals surface area contributed by atoms with Gasteiger partial charge >= 0.3 is 0 Å². The molecule has 0 unspecified atom stereocenters. The molecule has 0 atom stereocenters. The number of pyridine rings is 1. The first-order valence-corrected chi connectivity index (χ1v) is 9.32. The Hall–Kier alpha value is -2.34. The standard InChI is InChI=1S/C20H27N3O3/c1-3-22-10-12-23(13-11-22)19(24)9-6-14-26-18-15-20(25)21(2)17-8-5-4-7-16(17)18/h4-5,7-8,15H,3,6,9-14H2,1-2H3. The molecule has 1 aliphatic heterocycles. The van der Waals surface area contributed by atoms with Crippen LogP contribution in [0, 0.1) is 0 Å². The number of amides is 1. The highest BCUT2D eigenvalue weighted by atomic mass is 16.5. The lowest BCUT2D eigenvalue weighted by atomic mass is 10.2. The van der Waals surface area contributed by atoms with Crippen molar-refractivity contribution in [3.63, 3.8) is 0 Å². The second-order valence-corrected chi connectivity index (χ2v) is 6.69. The molecule has 1 aromatic carbocycles. The summed E-state index contributed by atoms with van der Waals surface area (Å²) in [6, 6.07) is 9.21. The summed E-state index contributed by atoms with van der Waals surface area (Å²) >= 11 is 0. The summed E-state index contributed by atoms with van der Waals surface area (Å²) < 4.78 is 7.45. The second kappa shape index (κ2) is 8.36. The molecular weight excluding hydrogens is 330 g/mol. The van der Waals surface area contributed by atoms with Crippen LogP contribution in [0.3, 0.4) is 0 Å². The number of ether oxygens (including phenoxy) is 1. The molecule has 0 N–H and O–H groups in total. The van der Waals surface area contributed by atoms with Gasteiger partial charge in [0, 0.05) is 51.1 Å². The second-order valence-electron chi connectivity index (χ2n) is 6.69. The van der Waals surface area contributed by atoms with Crippen molar-refractivity contribution in [2.24, 2.45) is 7.05 Å². The molecule has 1 saturated heterocycles. The number of hydrogen-bond donors (Lipinski definition) is 0. The molecule has 0 radical (unpaired) electrons. The fourth-order valence-corrected chi connectivity index (χ4v) is 3.38. The molecular formula is C20H27N3O3. The van der Waals surface area contributed by atoms with E-state index in [4.69, 9.17) is 4.74 Å². The van der Waals surface area contributed by atoms with Crippen LogP contribution in [0.5, 0.6) is 5.75 Å². The molecule has 0 bridgehead atoms. The van der Waals surface area contributed by atoms with Crippen LogP contribution < -0.4 is 10.3 Å². The van der Waals surface area contributed by atoms with Crippen molar-refractivity contribution in [1.82, 2.24) is 14.4 Å². The fraction of sp³-hybridized carbons (Fsp3) is 0.500. The van der Waals surface area contributed by atoms with Crippen LogP contribution in [0.2, 0.25) is 0 Å². The van der Waals surface area contributed by atoms with Gasteiger partial charge in [0.25, 0.3) is 5.56 Å². The Labute approximate surface area is 154 Å². The summed E-state index contributed by atoms with van der Waals surface area (Å²) in [5.41, 5.74) is 0.753. The maximum Gasteiger partial charge on any atom is 0.254 e. The molecule has 26 heavy (non-hydrogen) atoms. The molecule has 0 aliphatic carbocycles. The van der Waals surface area contributed by atoms with E-state index in [-0.39, 0.29) is 11.5 Å². The van der Waals surface area contributed by atoms with Crippen molar-refractivity contribution < 1.29 is 9.53 Å². The molecule has 0 spiro atoms. The van der Waals surface area contributed by atoms with Gasteiger partial charge in [0.05, 0.1) is 12.1 Å². The fourth-order valence-electron chi connectivity index (χ4n) is 3.38. The number of nitrogens with zero attached hydrogens (tertiary/aromatic N) is 3. The van der Waals surface area contributed by atoms with Crippen molar-refractivity contribution >= 4 is 16.8 Å². The average molecular weight is 357 g/mol. The Morgan fingerprint density at radius 2 is 1.88 bits per heavy atom. The van der Waals surface area contributed by atoms with E-state index in [1.54, 1.807) is 11.6 Å². The number of aromatic nitrogens is 1. The first-order chi connectivity index (χ1) is 12.6. The lowest BCUT2D eigenvalue weighted by Crippen LogP contribution is -2.48. The van der Waals surface area contributed by atoms with Gasteiger partial charge < -0.3 is 19.1 Å². The van der Waals surface area contributed by atoms with Crippen LogP contribution in [0.4, 0.5) is 0 Å². The Balaban J connectivity index is 1.53. The number of hydrogen-bond acceptors (Lipinski definition) is 4. The van der Waals surface area contributed by atoms with E-state index in [9.17, 15) is 9.59 Å². The molecule has 1 aliphatic rings. The summed E-state index contributed by atoms with van der Waals surface area (Å²) in [5, 5.41) is 0.914. The highest BCUT2D eigenvalue weighted by Gasteiger charge is 2.19. The smallest absolute Gasteiger partial charge is 0.254 e. The third-order valence-electron chi connectivity index (χ3n) is 5.08. The van der Waals surface area contributed by atoms with Gasteiger partial charge in [0.2, 0.25) is 5.91 Å². The molecule has 140 valence electrons. The van der Waals surface area contributed by atoms with E-state index in [1.165, 1.54) is 6.07 Å². The predicted octanol–water partition coefficient (Wildman–Crippen LogP) is 1.86. The van der Waals surface area contributed by atoms with Crippen LogP contribution in [0.25, 0.3) is 10.9 Å². The minimum Gasteiger partial charge on any atom is -0.493 e. The number of carbonyl (C=O) groups is 1. The molecule has 2 heterocycles. The highest BCUT2D eigenvalue weighted by Crippen LogP contribution is 2.23. The largest absolute Gasteiger partial charge is 0.493 e. The van der Waals surface area contributed by atoms with Crippen molar-refractivity contribution in [3.8, 4) is 5.75 Å². The summed E-state index contributed by atoms with van der Waals surface area (Å²) in [6.45, 7) is 7.16. The van der Waals surface area contributed by atoms with Crippen LogP contribution in [0.15, 0.2) is 35.1 Å². The molecule has 1 fully saturated rings. The highest BCUT2D eigenvalue weighted by molar-refractivity contribution is 5.85. The summed E-state index contributed by atoms with van der Waals surface area (Å²) in [6.07, 6.45) is 1.13. The van der Waals surface area contributed by atoms with Crippen molar-refractivity contribution in [2.75, 3.05) is 39.3 Å². The first-order valence-electron chi connectivity index (χ1n) is 9.32. The number of carbonyl (C=O) groups excluding carboxylic acids is 1. The Morgan fingerprint density at radius 1 is 1.15 bits per heavy atom. The average Bonchev–Trinajstić information content (AvgIpc) is 2.68. The molecule has 3 rings (SSSR count). The number of para-hydroxylation sites is 1. The number of rotatable bonds is 6. The zero-order chi connectivity index (χ0) is 18.5. The van der Waals surface area contributed by atoms with E-state index in [0.29, 0.717) is 25.2 Å². The molecule has 1 aromatic heterocycles. The SMILES string of the molecule is CCN1CCN(C(=O)CCCOc2cc(=O)n(C)c3ccccc23)CC1. The van der Waals surface area contributed by atoms with E-state index < -0.39 is 0 Å². The van der Waals surface area contributed by atoms with Gasteiger partial charge in [-0.1, -0.05) is 19.1 Å². The number of piperazine rings is 1. The quantitative estimate of drug-likeness (QED) is 0.741. The van der Waals surface area contributed by atoms with Crippen LogP contribution in [-0.4, -0.2) is 59.6 Å². The molecule has 2 aromatic rings. The van der Waals surface area contributed by atoms with Gasteiger partial charge in [-0.15, -0.1) is 0 Å². The minimum atomic E-state index is -0.0939. The Morgan fingerprint density at radius 3 is 2.62 bits per heavy atom. The molecule has 6 nitrogen and oxygen atoms in total. The summed E-state index contributed by atoms with van der Waals surface area (Å²) in [4.78, 5) is 28.7. The summed E-state index contributed by atoms with van der Waals surface area (Å²) in [7, 11) is 1.76. The van der Waals surface area contributed by atoms with Gasteiger partial charge in [-0.05, 0) is 25.1 Å². The minimum absolute atomic E-state index is 0.0939. The third-order valence-corrected chi connectivity index (χ3v) is 5.08. The first kappa shape index (κ1) is 18.5.